The van der Waals surface area contributed by atoms with Crippen molar-refractivity contribution in [1.82, 2.24) is 10.6 Å². The Morgan fingerprint density at radius 3 is 2.62 bits per heavy atom. The fourth-order valence-electron chi connectivity index (χ4n) is 4.07. The third kappa shape index (κ3) is 6.20. The number of nitrogens with one attached hydrogen (secondary N) is 2. The molecule has 2 atom stereocenters. The van der Waals surface area contributed by atoms with E-state index < -0.39 is 0 Å². The van der Waals surface area contributed by atoms with Gasteiger partial charge in [0.1, 0.15) is 30.8 Å². The van der Waals surface area contributed by atoms with E-state index in [1.54, 1.807) is 17.6 Å². The number of rotatable bonds is 11. The van der Waals surface area contributed by atoms with E-state index in [0.29, 0.717) is 26.3 Å². The standard InChI is InChI=1S/C26H30N2O5S/c1-17(29)27-9-7-19-15-33-25-5-3-21(13-23(19)25)31-11-12-32-22-4-6-26-24(14-22)20(16-34-26)8-10-28-18(2)30/h3-6,13-16,23,25H,7-12H2,1-2H3,(H,27,29)(H,28,30). The molecule has 2 amide bonds. The van der Waals surface area contributed by atoms with Crippen molar-refractivity contribution in [3.63, 3.8) is 0 Å². The first kappa shape index (κ1) is 23.9. The number of thiophene rings is 1. The van der Waals surface area contributed by atoms with Crippen molar-refractivity contribution in [2.24, 2.45) is 5.92 Å². The molecular weight excluding hydrogens is 452 g/mol. The molecule has 2 N–H and O–H groups in total. The minimum Gasteiger partial charge on any atom is -0.493 e. The fraction of sp³-hybridized carbons (Fsp3) is 0.385. The van der Waals surface area contributed by atoms with Gasteiger partial charge in [0, 0.05) is 37.6 Å². The number of amides is 2. The van der Waals surface area contributed by atoms with Crippen LogP contribution in [0.25, 0.3) is 10.1 Å². The van der Waals surface area contributed by atoms with E-state index in [1.807, 2.05) is 18.2 Å². The molecule has 34 heavy (non-hydrogen) atoms. The van der Waals surface area contributed by atoms with Crippen LogP contribution in [-0.4, -0.2) is 44.2 Å². The van der Waals surface area contributed by atoms with E-state index in [2.05, 4.69) is 34.2 Å². The summed E-state index contributed by atoms with van der Waals surface area (Å²) in [4.78, 5) is 22.2. The molecule has 0 saturated heterocycles. The summed E-state index contributed by atoms with van der Waals surface area (Å²) in [5.41, 5.74) is 2.36. The molecule has 1 aromatic carbocycles. The molecule has 7 nitrogen and oxygen atoms in total. The zero-order valence-corrected chi connectivity index (χ0v) is 20.3. The van der Waals surface area contributed by atoms with Gasteiger partial charge >= 0.3 is 0 Å². The van der Waals surface area contributed by atoms with Crippen LogP contribution in [0.1, 0.15) is 25.8 Å². The lowest BCUT2D eigenvalue weighted by Gasteiger charge is -2.21. The molecule has 0 spiro atoms. The van der Waals surface area contributed by atoms with Gasteiger partial charge in [0.05, 0.1) is 6.26 Å². The highest BCUT2D eigenvalue weighted by molar-refractivity contribution is 7.17. The molecule has 0 radical (unpaired) electrons. The van der Waals surface area contributed by atoms with Crippen molar-refractivity contribution in [2.45, 2.75) is 32.8 Å². The van der Waals surface area contributed by atoms with Gasteiger partial charge in [-0.3, -0.25) is 9.59 Å². The third-order valence-electron chi connectivity index (χ3n) is 5.75. The van der Waals surface area contributed by atoms with Gasteiger partial charge in [-0.25, -0.2) is 0 Å². The SMILES string of the molecule is CC(=O)NCCC1=COC2C=CC(OCCOc3ccc4scc(CCNC(C)=O)c4c3)=CC12. The lowest BCUT2D eigenvalue weighted by molar-refractivity contribution is -0.119. The Bertz CT molecular complexity index is 1130. The summed E-state index contributed by atoms with van der Waals surface area (Å²) in [5, 5.41) is 8.98. The highest BCUT2D eigenvalue weighted by Crippen LogP contribution is 2.34. The van der Waals surface area contributed by atoms with E-state index in [4.69, 9.17) is 14.2 Å². The summed E-state index contributed by atoms with van der Waals surface area (Å²) < 4.78 is 18.8. The number of carbonyl (C=O) groups is 2. The predicted octanol–water partition coefficient (Wildman–Crippen LogP) is 3.85. The van der Waals surface area contributed by atoms with Crippen LogP contribution in [0, 0.1) is 5.92 Å². The number of benzene rings is 1. The molecule has 2 aromatic rings. The van der Waals surface area contributed by atoms with E-state index in [0.717, 1.165) is 35.3 Å². The van der Waals surface area contributed by atoms with Crippen LogP contribution < -0.4 is 15.4 Å². The van der Waals surface area contributed by atoms with Gasteiger partial charge in [-0.15, -0.1) is 11.3 Å². The van der Waals surface area contributed by atoms with Crippen molar-refractivity contribution in [3.8, 4) is 5.75 Å². The largest absolute Gasteiger partial charge is 0.493 e. The summed E-state index contributed by atoms with van der Waals surface area (Å²) in [6.45, 7) is 5.13. The maximum absolute atomic E-state index is 11.1. The summed E-state index contributed by atoms with van der Waals surface area (Å²) in [6.07, 6.45) is 9.36. The van der Waals surface area contributed by atoms with Gasteiger partial charge in [-0.1, -0.05) is 0 Å². The molecule has 0 bridgehead atoms. The minimum atomic E-state index is -0.0291. The van der Waals surface area contributed by atoms with Crippen LogP contribution in [0.2, 0.25) is 0 Å². The van der Waals surface area contributed by atoms with E-state index in [1.165, 1.54) is 24.1 Å². The highest BCUT2D eigenvalue weighted by atomic mass is 32.1. The Hall–Kier alpha value is -3.26. The monoisotopic (exact) mass is 482 g/mol. The number of ether oxygens (including phenoxy) is 3. The zero-order chi connectivity index (χ0) is 23.9. The van der Waals surface area contributed by atoms with Crippen molar-refractivity contribution in [1.29, 1.82) is 0 Å². The molecule has 2 heterocycles. The van der Waals surface area contributed by atoms with Crippen LogP contribution in [0.5, 0.6) is 5.75 Å². The summed E-state index contributed by atoms with van der Waals surface area (Å²) in [5.74, 6) is 1.69. The topological polar surface area (TPSA) is 85.9 Å². The first-order chi connectivity index (χ1) is 16.5. The summed E-state index contributed by atoms with van der Waals surface area (Å²) in [7, 11) is 0. The second kappa shape index (κ2) is 11.2. The van der Waals surface area contributed by atoms with Crippen LogP contribution >= 0.6 is 11.3 Å². The Balaban J connectivity index is 1.26. The molecule has 0 fully saturated rings. The third-order valence-corrected chi connectivity index (χ3v) is 6.77. The van der Waals surface area contributed by atoms with Crippen molar-refractivity contribution < 1.29 is 23.8 Å². The maximum Gasteiger partial charge on any atom is 0.216 e. The molecule has 8 heteroatoms. The average molecular weight is 483 g/mol. The molecule has 180 valence electrons. The van der Waals surface area contributed by atoms with E-state index >= 15 is 0 Å². The van der Waals surface area contributed by atoms with Gasteiger partial charge in [0.2, 0.25) is 11.8 Å². The molecule has 1 aliphatic heterocycles. The van der Waals surface area contributed by atoms with Crippen molar-refractivity contribution >= 4 is 33.2 Å². The normalized spacial score (nSPS) is 18.5. The number of fused-ring (bicyclic) bond motifs is 2. The quantitative estimate of drug-likeness (QED) is 0.475. The second-order valence-corrected chi connectivity index (χ2v) is 9.24. The summed E-state index contributed by atoms with van der Waals surface area (Å²) in [6, 6.07) is 6.10. The molecule has 1 aliphatic carbocycles. The van der Waals surface area contributed by atoms with Gasteiger partial charge in [0.25, 0.3) is 0 Å². The van der Waals surface area contributed by atoms with Crippen molar-refractivity contribution in [2.75, 3.05) is 26.3 Å². The molecule has 1 aromatic heterocycles. The Labute approximate surface area is 203 Å². The molecule has 2 unspecified atom stereocenters. The molecular formula is C26H30N2O5S. The van der Waals surface area contributed by atoms with Gasteiger partial charge in [-0.2, -0.15) is 0 Å². The average Bonchev–Trinajstić information content (AvgIpc) is 3.40. The Kier molecular flexibility index (Phi) is 7.90. The van der Waals surface area contributed by atoms with Crippen LogP contribution in [0.3, 0.4) is 0 Å². The summed E-state index contributed by atoms with van der Waals surface area (Å²) >= 11 is 1.70. The lowest BCUT2D eigenvalue weighted by atomic mass is 9.90. The predicted molar refractivity (Wildman–Crippen MR) is 133 cm³/mol. The highest BCUT2D eigenvalue weighted by Gasteiger charge is 2.30. The van der Waals surface area contributed by atoms with Crippen LogP contribution in [0.4, 0.5) is 0 Å². The van der Waals surface area contributed by atoms with E-state index in [-0.39, 0.29) is 23.8 Å². The second-order valence-electron chi connectivity index (χ2n) is 8.33. The molecule has 4 rings (SSSR count). The maximum atomic E-state index is 11.1. The van der Waals surface area contributed by atoms with Gasteiger partial charge in [-0.05, 0) is 71.2 Å². The zero-order valence-electron chi connectivity index (χ0n) is 19.5. The molecule has 0 saturated carbocycles. The number of hydrogen-bond donors (Lipinski definition) is 2. The molecule has 2 aliphatic rings. The first-order valence-electron chi connectivity index (χ1n) is 11.5. The van der Waals surface area contributed by atoms with Crippen LogP contribution in [0.15, 0.2) is 59.4 Å². The van der Waals surface area contributed by atoms with Gasteiger partial charge < -0.3 is 24.8 Å². The number of hydrogen-bond acceptors (Lipinski definition) is 6. The lowest BCUT2D eigenvalue weighted by Crippen LogP contribution is -2.23. The number of allylic oxidation sites excluding steroid dienone is 1. The smallest absolute Gasteiger partial charge is 0.216 e. The van der Waals surface area contributed by atoms with Gasteiger partial charge in [0.15, 0.2) is 0 Å². The Morgan fingerprint density at radius 1 is 1.06 bits per heavy atom. The Morgan fingerprint density at radius 2 is 1.82 bits per heavy atom. The van der Waals surface area contributed by atoms with E-state index in [9.17, 15) is 9.59 Å². The van der Waals surface area contributed by atoms with Crippen molar-refractivity contribution in [3.05, 3.63) is 65.0 Å². The first-order valence-corrected chi connectivity index (χ1v) is 12.4. The number of carbonyl (C=O) groups excluding carboxylic acids is 2. The fourth-order valence-corrected chi connectivity index (χ4v) is 5.05. The van der Waals surface area contributed by atoms with Crippen LogP contribution in [-0.2, 0) is 25.5 Å². The minimum absolute atomic E-state index is 0.00638.